The second-order valence-corrected chi connectivity index (χ2v) is 9.65. The third kappa shape index (κ3) is 5.02. The van der Waals surface area contributed by atoms with Crippen LogP contribution in [0.25, 0.3) is 5.69 Å². The Morgan fingerprint density at radius 3 is 2.41 bits per heavy atom. The Morgan fingerprint density at radius 1 is 1.22 bits per heavy atom. The Balaban J connectivity index is 1.70. The van der Waals surface area contributed by atoms with Gasteiger partial charge < -0.3 is 25.2 Å². The summed E-state index contributed by atoms with van der Waals surface area (Å²) in [6.45, 7) is 9.95. The second kappa shape index (κ2) is 9.42. The van der Waals surface area contributed by atoms with Crippen molar-refractivity contribution in [1.29, 1.82) is 0 Å². The summed E-state index contributed by atoms with van der Waals surface area (Å²) >= 11 is 0. The van der Waals surface area contributed by atoms with E-state index >= 15 is 0 Å². The number of β-amino-alcohol motifs (C(OH)–C–C–N with tert-alkyl or cyclic N) is 1. The van der Waals surface area contributed by atoms with E-state index in [1.54, 1.807) is 13.2 Å². The number of likely N-dealkylation sites (tertiary alicyclic amines) is 1. The molecule has 174 valence electrons. The van der Waals surface area contributed by atoms with Crippen molar-refractivity contribution in [2.45, 2.75) is 65.3 Å². The molecule has 2 heterocycles. The van der Waals surface area contributed by atoms with Crippen LogP contribution in [-0.4, -0.2) is 63.2 Å². The van der Waals surface area contributed by atoms with E-state index < -0.39 is 18.2 Å². The summed E-state index contributed by atoms with van der Waals surface area (Å²) in [6.07, 6.45) is 3.19. The maximum absolute atomic E-state index is 13.2. The molecule has 0 aliphatic carbocycles. The van der Waals surface area contributed by atoms with Gasteiger partial charge in [0.25, 0.3) is 0 Å². The number of nitrogens with zero attached hydrogens (tertiary/aromatic N) is 3. The molecule has 4 atom stereocenters. The molecular weight excluding hydrogens is 406 g/mol. The molecule has 2 aromatic rings. The fourth-order valence-corrected chi connectivity index (χ4v) is 4.37. The predicted octanol–water partition coefficient (Wildman–Crippen LogP) is 1.95. The normalized spacial score (nSPS) is 20.8. The average molecular weight is 442 g/mol. The van der Waals surface area contributed by atoms with Crippen LogP contribution in [-0.2, 0) is 9.59 Å². The van der Waals surface area contributed by atoms with Gasteiger partial charge in [0.1, 0.15) is 11.9 Å². The first-order valence-corrected chi connectivity index (χ1v) is 11.1. The fraction of sp³-hybridized carbons (Fsp3) is 0.542. The topological polar surface area (TPSA) is 99.5 Å². The van der Waals surface area contributed by atoms with Crippen LogP contribution in [0.15, 0.2) is 36.7 Å². The van der Waals surface area contributed by atoms with Gasteiger partial charge in [-0.25, -0.2) is 4.98 Å². The Morgan fingerprint density at radius 2 is 1.88 bits per heavy atom. The van der Waals surface area contributed by atoms with Crippen LogP contribution in [0.2, 0.25) is 0 Å². The lowest BCUT2D eigenvalue weighted by atomic mass is 9.86. The molecule has 1 aliphatic heterocycles. The molecule has 2 amide bonds. The van der Waals surface area contributed by atoms with E-state index in [0.29, 0.717) is 0 Å². The number of likely N-dealkylation sites (N-methyl/N-ethyl adjacent to an activating group) is 1. The lowest BCUT2D eigenvalue weighted by Gasteiger charge is -2.34. The zero-order chi connectivity index (χ0) is 23.6. The lowest BCUT2D eigenvalue weighted by Crippen LogP contribution is -2.56. The lowest BCUT2D eigenvalue weighted by molar-refractivity contribution is -0.142. The molecular formula is C24H35N5O3. The summed E-state index contributed by atoms with van der Waals surface area (Å²) in [5.74, 6) is 0.490. The number of hydrogen-bond acceptors (Lipinski definition) is 5. The van der Waals surface area contributed by atoms with E-state index in [2.05, 4.69) is 15.6 Å². The van der Waals surface area contributed by atoms with Gasteiger partial charge in [0.05, 0.1) is 18.2 Å². The van der Waals surface area contributed by atoms with Gasteiger partial charge in [-0.15, -0.1) is 0 Å². The highest BCUT2D eigenvalue weighted by Crippen LogP contribution is 2.26. The number of nitrogens with one attached hydrogen (secondary N) is 2. The highest BCUT2D eigenvalue weighted by molar-refractivity contribution is 5.91. The number of aliphatic hydroxyl groups is 1. The van der Waals surface area contributed by atoms with Crippen LogP contribution in [0.1, 0.15) is 51.5 Å². The average Bonchev–Trinajstić information content (AvgIpc) is 3.33. The highest BCUT2D eigenvalue weighted by atomic mass is 16.3. The van der Waals surface area contributed by atoms with Gasteiger partial charge >= 0.3 is 0 Å². The van der Waals surface area contributed by atoms with Gasteiger partial charge in [0, 0.05) is 31.0 Å². The van der Waals surface area contributed by atoms with Crippen molar-refractivity contribution >= 4 is 11.8 Å². The molecule has 3 N–H and O–H groups in total. The molecule has 0 bridgehead atoms. The molecule has 32 heavy (non-hydrogen) atoms. The van der Waals surface area contributed by atoms with E-state index in [-0.39, 0.29) is 36.2 Å². The number of rotatable bonds is 6. The number of aliphatic hydroxyl groups excluding tert-OH is 1. The maximum Gasteiger partial charge on any atom is 0.243 e. The van der Waals surface area contributed by atoms with Gasteiger partial charge in [-0.2, -0.15) is 0 Å². The van der Waals surface area contributed by atoms with Crippen LogP contribution in [0, 0.1) is 12.3 Å². The van der Waals surface area contributed by atoms with Crippen LogP contribution >= 0.6 is 0 Å². The quantitative estimate of drug-likeness (QED) is 0.636. The summed E-state index contributed by atoms with van der Waals surface area (Å²) in [5.41, 5.74) is 1.64. The number of amides is 2. The third-order valence-electron chi connectivity index (χ3n) is 6.12. The van der Waals surface area contributed by atoms with Crippen LogP contribution < -0.4 is 10.6 Å². The summed E-state index contributed by atoms with van der Waals surface area (Å²) in [5, 5.41) is 16.3. The Hall–Kier alpha value is -2.71. The van der Waals surface area contributed by atoms with Gasteiger partial charge in [-0.05, 0) is 44.0 Å². The SMILES string of the molecule is CNC(C(=O)N1C[C@H](O)C[C@H]1C(=O)N[C@@H](C)c1ccc(-n2ccnc2C)cc1)C(C)(C)C. The van der Waals surface area contributed by atoms with E-state index in [4.69, 9.17) is 0 Å². The van der Waals surface area contributed by atoms with E-state index in [1.165, 1.54) is 4.90 Å². The standard InChI is InChI=1S/C24H35N5O3/c1-15(17-7-9-18(10-8-17)28-12-11-26-16(28)2)27-22(31)20-13-19(30)14-29(20)23(32)21(25-6)24(3,4)5/h7-12,15,19-21,25,30H,13-14H2,1-6H3,(H,27,31)/t15-,19+,20-,21?/m0/s1. The highest BCUT2D eigenvalue weighted by Gasteiger charge is 2.43. The Kier molecular flexibility index (Phi) is 7.05. The van der Waals surface area contributed by atoms with Crippen LogP contribution in [0.5, 0.6) is 0 Å². The monoisotopic (exact) mass is 441 g/mol. The molecule has 8 heteroatoms. The minimum absolute atomic E-state index is 0.163. The predicted molar refractivity (Wildman–Crippen MR) is 123 cm³/mol. The Bertz CT molecular complexity index is 947. The summed E-state index contributed by atoms with van der Waals surface area (Å²) in [7, 11) is 1.74. The van der Waals surface area contributed by atoms with Crippen molar-refractivity contribution < 1.29 is 14.7 Å². The zero-order valence-electron chi connectivity index (χ0n) is 19.8. The van der Waals surface area contributed by atoms with Gasteiger partial charge in [-0.3, -0.25) is 9.59 Å². The molecule has 0 spiro atoms. The smallest absolute Gasteiger partial charge is 0.243 e. The van der Waals surface area contributed by atoms with Gasteiger partial charge in [-0.1, -0.05) is 32.9 Å². The van der Waals surface area contributed by atoms with Crippen LogP contribution in [0.4, 0.5) is 0 Å². The number of carbonyl (C=O) groups excluding carboxylic acids is 2. The minimum atomic E-state index is -0.708. The first-order chi connectivity index (χ1) is 15.0. The van der Waals surface area contributed by atoms with E-state index in [0.717, 1.165) is 17.1 Å². The Labute approximate surface area is 190 Å². The maximum atomic E-state index is 13.2. The molecule has 1 aromatic carbocycles. The second-order valence-electron chi connectivity index (χ2n) is 9.65. The number of carbonyl (C=O) groups is 2. The molecule has 1 aliphatic rings. The summed E-state index contributed by atoms with van der Waals surface area (Å²) in [4.78, 5) is 32.0. The molecule has 8 nitrogen and oxygen atoms in total. The number of benzene rings is 1. The van der Waals surface area contributed by atoms with Crippen molar-refractivity contribution in [3.8, 4) is 5.69 Å². The molecule has 3 rings (SSSR count). The number of hydrogen-bond donors (Lipinski definition) is 3. The molecule has 1 unspecified atom stereocenters. The summed E-state index contributed by atoms with van der Waals surface area (Å²) < 4.78 is 1.99. The molecule has 1 saturated heterocycles. The van der Waals surface area contributed by atoms with Crippen molar-refractivity contribution in [2.24, 2.45) is 5.41 Å². The van der Waals surface area contributed by atoms with Crippen molar-refractivity contribution in [3.05, 3.63) is 48.0 Å². The van der Waals surface area contributed by atoms with Crippen LogP contribution in [0.3, 0.4) is 0 Å². The van der Waals surface area contributed by atoms with Crippen molar-refractivity contribution in [2.75, 3.05) is 13.6 Å². The first kappa shape index (κ1) is 23.9. The van der Waals surface area contributed by atoms with Crippen molar-refractivity contribution in [1.82, 2.24) is 25.1 Å². The molecule has 0 radical (unpaired) electrons. The summed E-state index contributed by atoms with van der Waals surface area (Å²) in [6, 6.07) is 6.56. The van der Waals surface area contributed by atoms with Gasteiger partial charge in [0.2, 0.25) is 11.8 Å². The molecule has 1 aromatic heterocycles. The fourth-order valence-electron chi connectivity index (χ4n) is 4.37. The number of aromatic nitrogens is 2. The van der Waals surface area contributed by atoms with E-state index in [1.807, 2.05) is 69.6 Å². The first-order valence-electron chi connectivity index (χ1n) is 11.1. The van der Waals surface area contributed by atoms with E-state index in [9.17, 15) is 14.7 Å². The number of imidazole rings is 1. The number of aryl methyl sites for hydroxylation is 1. The largest absolute Gasteiger partial charge is 0.391 e. The molecule has 0 saturated carbocycles. The third-order valence-corrected chi connectivity index (χ3v) is 6.12. The van der Waals surface area contributed by atoms with Gasteiger partial charge in [0.15, 0.2) is 0 Å². The zero-order valence-corrected chi connectivity index (χ0v) is 19.8. The minimum Gasteiger partial charge on any atom is -0.391 e. The molecule has 1 fully saturated rings. The van der Waals surface area contributed by atoms with Crippen molar-refractivity contribution in [3.63, 3.8) is 0 Å².